The molecule has 0 spiro atoms. The summed E-state index contributed by atoms with van der Waals surface area (Å²) in [4.78, 5) is 38.0. The van der Waals surface area contributed by atoms with Gasteiger partial charge in [0.25, 0.3) is 0 Å². The highest BCUT2D eigenvalue weighted by molar-refractivity contribution is 5.90. The highest BCUT2D eigenvalue weighted by atomic mass is 16.6. The molecule has 1 saturated heterocycles. The topological polar surface area (TPSA) is 125 Å². The third-order valence-electron chi connectivity index (χ3n) is 4.48. The van der Waals surface area contributed by atoms with Crippen LogP contribution in [0.2, 0.25) is 0 Å². The Morgan fingerprint density at radius 2 is 1.93 bits per heavy atom. The Balaban J connectivity index is 3.01. The number of aliphatic hydroxyl groups is 1. The van der Waals surface area contributed by atoms with E-state index in [0.717, 1.165) is 11.3 Å². The quantitative estimate of drug-likeness (QED) is 0.490. The molecule has 29 heavy (non-hydrogen) atoms. The Morgan fingerprint density at radius 3 is 2.45 bits per heavy atom. The van der Waals surface area contributed by atoms with Gasteiger partial charge in [0.1, 0.15) is 17.7 Å². The van der Waals surface area contributed by atoms with E-state index < -0.39 is 47.9 Å². The molecule has 1 heterocycles. The van der Waals surface area contributed by atoms with Crippen LogP contribution in [0.25, 0.3) is 0 Å². The molecule has 1 rings (SSSR count). The summed E-state index contributed by atoms with van der Waals surface area (Å²) in [5.41, 5.74) is -0.771. The van der Waals surface area contributed by atoms with Crippen LogP contribution in [0.5, 0.6) is 0 Å². The van der Waals surface area contributed by atoms with Crippen molar-refractivity contribution in [2.24, 2.45) is 0 Å². The van der Waals surface area contributed by atoms with E-state index in [1.807, 2.05) is 6.92 Å². The number of β-amino-alcohol motifs (C(OH)–C–C–N with tert-alkyl or cyclic N) is 1. The summed E-state index contributed by atoms with van der Waals surface area (Å²) < 4.78 is 11.1. The lowest BCUT2D eigenvalue weighted by Crippen LogP contribution is -2.57. The van der Waals surface area contributed by atoms with Crippen LogP contribution in [-0.4, -0.2) is 75.6 Å². The van der Waals surface area contributed by atoms with Crippen LogP contribution >= 0.6 is 0 Å². The molecule has 0 saturated carbocycles. The highest BCUT2D eigenvalue weighted by Gasteiger charge is 2.43. The van der Waals surface area contributed by atoms with E-state index in [2.05, 4.69) is 11.9 Å². The number of nitrogens with one attached hydrogen (secondary N) is 1. The van der Waals surface area contributed by atoms with E-state index in [1.54, 1.807) is 33.8 Å². The number of likely N-dealkylation sites (tertiary alicyclic amines) is 1. The lowest BCUT2D eigenvalue weighted by atomic mass is 10.1. The summed E-state index contributed by atoms with van der Waals surface area (Å²) >= 11 is 0. The minimum atomic E-state index is -1.21. The Bertz CT molecular complexity index is 602. The van der Waals surface area contributed by atoms with Crippen LogP contribution in [0.1, 0.15) is 53.9 Å². The number of hydrogen-bond acceptors (Lipinski definition) is 6. The SMILES string of the molecule is C=CCC[C@@H](C)O[C@@H](C)[C@H](NC(=O)OC(C)(C)C)C(=O)N1CC(O)CC1C(=O)O. The predicted molar refractivity (Wildman–Crippen MR) is 106 cm³/mol. The van der Waals surface area contributed by atoms with Crippen LogP contribution in [0, 0.1) is 0 Å². The average molecular weight is 414 g/mol. The first-order valence-corrected chi connectivity index (χ1v) is 9.83. The highest BCUT2D eigenvalue weighted by Crippen LogP contribution is 2.21. The van der Waals surface area contributed by atoms with Crippen molar-refractivity contribution in [1.29, 1.82) is 0 Å². The summed E-state index contributed by atoms with van der Waals surface area (Å²) in [6.07, 6.45) is 0.398. The molecule has 166 valence electrons. The Hall–Kier alpha value is -2.13. The zero-order valence-electron chi connectivity index (χ0n) is 17.9. The van der Waals surface area contributed by atoms with Gasteiger partial charge >= 0.3 is 12.1 Å². The van der Waals surface area contributed by atoms with Crippen molar-refractivity contribution < 1.29 is 34.1 Å². The van der Waals surface area contributed by atoms with Gasteiger partial charge in [-0.1, -0.05) is 6.08 Å². The maximum absolute atomic E-state index is 13.1. The van der Waals surface area contributed by atoms with Gasteiger partial charge in [-0.2, -0.15) is 0 Å². The number of hydrogen-bond donors (Lipinski definition) is 3. The van der Waals surface area contributed by atoms with Crippen molar-refractivity contribution >= 4 is 18.0 Å². The van der Waals surface area contributed by atoms with Gasteiger partial charge in [-0.25, -0.2) is 9.59 Å². The molecule has 1 aliphatic heterocycles. The number of rotatable bonds is 9. The van der Waals surface area contributed by atoms with Crippen LogP contribution < -0.4 is 5.32 Å². The van der Waals surface area contributed by atoms with Gasteiger partial charge in [0.15, 0.2) is 0 Å². The number of carboxylic acid groups (broad SMARTS) is 1. The molecule has 0 aromatic heterocycles. The molecule has 1 fully saturated rings. The molecule has 0 bridgehead atoms. The number of allylic oxidation sites excluding steroid dienone is 1. The van der Waals surface area contributed by atoms with E-state index >= 15 is 0 Å². The molecule has 1 aliphatic rings. The van der Waals surface area contributed by atoms with Gasteiger partial charge in [-0.05, 0) is 47.5 Å². The Kier molecular flexibility index (Phi) is 9.10. The minimum Gasteiger partial charge on any atom is -0.480 e. The second kappa shape index (κ2) is 10.6. The molecule has 0 aliphatic carbocycles. The van der Waals surface area contributed by atoms with Crippen LogP contribution in [0.3, 0.4) is 0 Å². The smallest absolute Gasteiger partial charge is 0.408 e. The van der Waals surface area contributed by atoms with E-state index in [1.165, 1.54) is 0 Å². The van der Waals surface area contributed by atoms with Crippen molar-refractivity contribution in [3.8, 4) is 0 Å². The lowest BCUT2D eigenvalue weighted by molar-refractivity contribution is -0.151. The summed E-state index contributed by atoms with van der Waals surface area (Å²) in [5, 5.41) is 21.8. The number of carbonyl (C=O) groups is 3. The molecule has 9 heteroatoms. The van der Waals surface area contributed by atoms with Crippen LogP contribution in [0.4, 0.5) is 4.79 Å². The molecule has 0 aromatic rings. The maximum Gasteiger partial charge on any atom is 0.408 e. The van der Waals surface area contributed by atoms with Gasteiger partial charge in [0.05, 0.1) is 18.3 Å². The molecule has 5 atom stereocenters. The molecular formula is C20H34N2O7. The van der Waals surface area contributed by atoms with Crippen LogP contribution in [-0.2, 0) is 19.1 Å². The minimum absolute atomic E-state index is 0.0643. The van der Waals surface area contributed by atoms with E-state index in [-0.39, 0.29) is 19.1 Å². The first kappa shape index (κ1) is 24.9. The van der Waals surface area contributed by atoms with Crippen molar-refractivity contribution in [3.63, 3.8) is 0 Å². The van der Waals surface area contributed by atoms with Gasteiger partial charge in [-0.3, -0.25) is 4.79 Å². The van der Waals surface area contributed by atoms with Crippen LogP contribution in [0.15, 0.2) is 12.7 Å². The zero-order valence-corrected chi connectivity index (χ0v) is 17.9. The fourth-order valence-corrected chi connectivity index (χ4v) is 3.15. The second-order valence-corrected chi connectivity index (χ2v) is 8.38. The number of ether oxygens (including phenoxy) is 2. The Morgan fingerprint density at radius 1 is 1.31 bits per heavy atom. The fraction of sp³-hybridized carbons (Fsp3) is 0.750. The first-order valence-electron chi connectivity index (χ1n) is 9.83. The number of nitrogens with zero attached hydrogens (tertiary/aromatic N) is 1. The van der Waals surface area contributed by atoms with Crippen molar-refractivity contribution in [3.05, 3.63) is 12.7 Å². The molecule has 2 amide bonds. The maximum atomic E-state index is 13.1. The second-order valence-electron chi connectivity index (χ2n) is 8.38. The molecular weight excluding hydrogens is 380 g/mol. The number of aliphatic carboxylic acids is 1. The zero-order chi connectivity index (χ0) is 22.4. The average Bonchev–Trinajstić information content (AvgIpc) is 2.97. The third-order valence-corrected chi connectivity index (χ3v) is 4.48. The summed E-state index contributed by atoms with van der Waals surface area (Å²) in [6, 6.07) is -2.32. The van der Waals surface area contributed by atoms with Gasteiger partial charge in [0, 0.05) is 13.0 Å². The molecule has 9 nitrogen and oxygen atoms in total. The number of amides is 2. The van der Waals surface area contributed by atoms with Gasteiger partial charge in [0.2, 0.25) is 5.91 Å². The predicted octanol–water partition coefficient (Wildman–Crippen LogP) is 1.69. The van der Waals surface area contributed by atoms with Crippen molar-refractivity contribution in [1.82, 2.24) is 10.2 Å². The monoisotopic (exact) mass is 414 g/mol. The van der Waals surface area contributed by atoms with Gasteiger partial charge in [-0.15, -0.1) is 6.58 Å². The standard InChI is InChI=1S/C20H34N2O7/c1-7-8-9-12(2)28-13(3)16(21-19(27)29-20(4,5)6)17(24)22-11-14(23)10-15(22)18(25)26/h7,12-16,23H,1,8-11H2,2-6H3,(H,21,27)(H,25,26)/t12-,13+,14?,15?,16+/m1/s1. The number of carboxylic acids is 1. The molecule has 3 N–H and O–H groups in total. The number of alkyl carbamates (subject to hydrolysis) is 1. The third kappa shape index (κ3) is 8.02. The fourth-order valence-electron chi connectivity index (χ4n) is 3.15. The van der Waals surface area contributed by atoms with E-state index in [4.69, 9.17) is 9.47 Å². The number of carbonyl (C=O) groups excluding carboxylic acids is 2. The summed E-state index contributed by atoms with van der Waals surface area (Å²) in [7, 11) is 0. The number of aliphatic hydroxyl groups excluding tert-OH is 1. The Labute approximate surface area is 172 Å². The van der Waals surface area contributed by atoms with E-state index in [9.17, 15) is 24.6 Å². The molecule has 0 aromatic carbocycles. The molecule has 2 unspecified atom stereocenters. The van der Waals surface area contributed by atoms with Crippen molar-refractivity contribution in [2.45, 2.75) is 89.9 Å². The largest absolute Gasteiger partial charge is 0.480 e. The lowest BCUT2D eigenvalue weighted by Gasteiger charge is -2.32. The van der Waals surface area contributed by atoms with E-state index in [0.29, 0.717) is 6.42 Å². The summed E-state index contributed by atoms with van der Waals surface area (Å²) in [5.74, 6) is -1.85. The first-order chi connectivity index (χ1) is 13.4. The summed E-state index contributed by atoms with van der Waals surface area (Å²) in [6.45, 7) is 12.1. The normalized spacial score (nSPS) is 22.5. The molecule has 0 radical (unpaired) electrons. The van der Waals surface area contributed by atoms with Crippen molar-refractivity contribution in [2.75, 3.05) is 6.54 Å². The van der Waals surface area contributed by atoms with Gasteiger partial charge < -0.3 is 29.9 Å².